The molecule has 1 heterocycles. The molecule has 366 valence electrons. The minimum absolute atomic E-state index is 0.00526. The molecule has 0 N–H and O–H groups in total. The van der Waals surface area contributed by atoms with Crippen molar-refractivity contribution in [1.29, 1.82) is 0 Å². The Morgan fingerprint density at radius 1 is 0.508 bits per heavy atom. The Morgan fingerprint density at radius 3 is 1.46 bits per heavy atom. The predicted molar refractivity (Wildman–Crippen MR) is 270 cm³/mol. The van der Waals surface area contributed by atoms with Gasteiger partial charge in [0.15, 0.2) is 0 Å². The van der Waals surface area contributed by atoms with E-state index in [2.05, 4.69) is 66.7 Å². The van der Waals surface area contributed by atoms with E-state index in [1.165, 1.54) is 178 Å². The topological polar surface area (TPSA) is 62.3 Å². The van der Waals surface area contributed by atoms with Crippen LogP contribution in [0.2, 0.25) is 0 Å². The van der Waals surface area contributed by atoms with Crippen molar-refractivity contribution < 1.29 is 19.1 Å². The average molecular weight is 882 g/mol. The van der Waals surface area contributed by atoms with E-state index in [0.29, 0.717) is 19.4 Å². The summed E-state index contributed by atoms with van der Waals surface area (Å²) in [5.74, 6) is 0.0344. The van der Waals surface area contributed by atoms with Crippen LogP contribution in [0.5, 0.6) is 0 Å². The molecule has 0 unspecified atom stereocenters. The third kappa shape index (κ3) is 34.1. The summed E-state index contributed by atoms with van der Waals surface area (Å²) in [5.41, 5.74) is 2.75. The number of hydrogen-bond acceptors (Lipinski definition) is 7. The normalized spacial score (nSPS) is 13.7. The Labute approximate surface area is 391 Å². The zero-order chi connectivity index (χ0) is 45.3. The monoisotopic (exact) mass is 882 g/mol. The molecule has 0 amide bonds. The predicted octanol–water partition coefficient (Wildman–Crippen LogP) is 14.8. The van der Waals surface area contributed by atoms with Crippen molar-refractivity contribution in [1.82, 2.24) is 14.7 Å². The van der Waals surface area contributed by atoms with E-state index >= 15 is 0 Å². The first-order valence-electron chi connectivity index (χ1n) is 27.5. The highest BCUT2D eigenvalue weighted by Crippen LogP contribution is 2.19. The average Bonchev–Trinajstić information content (AvgIpc) is 3.28. The van der Waals surface area contributed by atoms with Crippen molar-refractivity contribution >= 4 is 11.9 Å². The van der Waals surface area contributed by atoms with Crippen molar-refractivity contribution in [3.8, 4) is 0 Å². The number of unbranched alkanes of at least 4 members (excludes halogenated alkanes) is 24. The van der Waals surface area contributed by atoms with Crippen LogP contribution in [0.3, 0.4) is 0 Å². The summed E-state index contributed by atoms with van der Waals surface area (Å²) in [6.07, 6.45) is 39.0. The fourth-order valence-electron chi connectivity index (χ4n) is 9.14. The number of rotatable bonds is 44. The fourth-order valence-corrected chi connectivity index (χ4v) is 9.14. The van der Waals surface area contributed by atoms with Gasteiger partial charge in [0.2, 0.25) is 0 Å². The molecule has 0 spiro atoms. The molecule has 1 saturated heterocycles. The highest BCUT2D eigenvalue weighted by atomic mass is 16.5. The number of benzene rings is 1. The second-order valence-electron chi connectivity index (χ2n) is 19.5. The smallest absolute Gasteiger partial charge is 0.306 e. The van der Waals surface area contributed by atoms with Crippen LogP contribution in [0.1, 0.15) is 244 Å². The van der Waals surface area contributed by atoms with Gasteiger partial charge in [0.1, 0.15) is 6.10 Å². The highest BCUT2D eigenvalue weighted by molar-refractivity contribution is 5.69. The molecule has 1 aliphatic heterocycles. The van der Waals surface area contributed by atoms with Crippen LogP contribution in [-0.4, -0.2) is 91.7 Å². The van der Waals surface area contributed by atoms with Gasteiger partial charge in [-0.05, 0) is 83.4 Å². The van der Waals surface area contributed by atoms with Crippen molar-refractivity contribution in [3.63, 3.8) is 0 Å². The van der Waals surface area contributed by atoms with Gasteiger partial charge in [-0.1, -0.05) is 192 Å². The maximum absolute atomic E-state index is 12.9. The van der Waals surface area contributed by atoms with Crippen LogP contribution >= 0.6 is 0 Å². The number of aryl methyl sites for hydroxylation is 1. The Hall–Kier alpha value is -1.96. The minimum Gasteiger partial charge on any atom is -0.466 e. The van der Waals surface area contributed by atoms with Gasteiger partial charge in [0, 0.05) is 58.7 Å². The van der Waals surface area contributed by atoms with Crippen molar-refractivity contribution in [2.75, 3.05) is 59.0 Å². The maximum atomic E-state index is 12.9. The molecule has 0 aromatic heterocycles. The van der Waals surface area contributed by atoms with Crippen LogP contribution in [0.15, 0.2) is 24.3 Å². The van der Waals surface area contributed by atoms with Gasteiger partial charge in [-0.15, -0.1) is 0 Å². The summed E-state index contributed by atoms with van der Waals surface area (Å²) in [4.78, 5) is 33.2. The molecule has 0 radical (unpaired) electrons. The second-order valence-corrected chi connectivity index (χ2v) is 19.5. The molecule has 7 nitrogen and oxygen atoms in total. The minimum atomic E-state index is -0.00526. The molecule has 0 saturated carbocycles. The molecule has 2 rings (SSSR count). The molecular weight excluding hydrogens is 779 g/mol. The van der Waals surface area contributed by atoms with E-state index < -0.39 is 0 Å². The lowest BCUT2D eigenvalue weighted by Gasteiger charge is -2.36. The third-order valence-corrected chi connectivity index (χ3v) is 13.5. The van der Waals surface area contributed by atoms with Crippen molar-refractivity contribution in [2.45, 2.75) is 252 Å². The number of ether oxygens (including phenoxy) is 2. The van der Waals surface area contributed by atoms with Crippen LogP contribution in [0.25, 0.3) is 0 Å². The lowest BCUT2D eigenvalue weighted by atomic mass is 10.0. The van der Waals surface area contributed by atoms with Gasteiger partial charge >= 0.3 is 11.9 Å². The first kappa shape index (κ1) is 57.2. The number of piperazine rings is 1. The molecule has 1 aromatic carbocycles. The number of esters is 2. The Kier molecular flexibility index (Phi) is 37.6. The molecule has 1 fully saturated rings. The number of hydrogen-bond donors (Lipinski definition) is 0. The third-order valence-electron chi connectivity index (χ3n) is 13.5. The Morgan fingerprint density at radius 2 is 0.937 bits per heavy atom. The molecule has 0 aliphatic carbocycles. The van der Waals surface area contributed by atoms with E-state index in [-0.39, 0.29) is 18.0 Å². The van der Waals surface area contributed by atoms with E-state index in [4.69, 9.17) is 9.47 Å². The van der Waals surface area contributed by atoms with Crippen molar-refractivity contribution in [2.24, 2.45) is 0 Å². The maximum Gasteiger partial charge on any atom is 0.306 e. The summed E-state index contributed by atoms with van der Waals surface area (Å²) in [7, 11) is 0. The zero-order valence-corrected chi connectivity index (χ0v) is 42.3. The summed E-state index contributed by atoms with van der Waals surface area (Å²) in [6, 6.07) is 9.03. The van der Waals surface area contributed by atoms with E-state index in [1.54, 1.807) is 0 Å². The van der Waals surface area contributed by atoms with Crippen LogP contribution < -0.4 is 0 Å². The van der Waals surface area contributed by atoms with Gasteiger partial charge in [0.05, 0.1) is 6.61 Å². The molecule has 7 heteroatoms. The Balaban J connectivity index is 1.68. The second kappa shape index (κ2) is 41.5. The van der Waals surface area contributed by atoms with Gasteiger partial charge < -0.3 is 14.4 Å². The summed E-state index contributed by atoms with van der Waals surface area (Å²) in [6.45, 7) is 19.8. The quantitative estimate of drug-likeness (QED) is 0.0478. The molecular formula is C56H103N3O4. The molecule has 1 aromatic rings. The van der Waals surface area contributed by atoms with Crippen LogP contribution in [0, 0.1) is 6.92 Å². The highest BCUT2D eigenvalue weighted by Gasteiger charge is 2.18. The lowest BCUT2D eigenvalue weighted by Crippen LogP contribution is -2.48. The summed E-state index contributed by atoms with van der Waals surface area (Å²) < 4.78 is 11.6. The zero-order valence-electron chi connectivity index (χ0n) is 42.3. The largest absolute Gasteiger partial charge is 0.466 e. The molecule has 0 bridgehead atoms. The molecule has 1 aliphatic rings. The van der Waals surface area contributed by atoms with Gasteiger partial charge in [-0.2, -0.15) is 0 Å². The van der Waals surface area contributed by atoms with Crippen LogP contribution in [0.4, 0.5) is 0 Å². The van der Waals surface area contributed by atoms with E-state index in [0.717, 1.165) is 90.8 Å². The van der Waals surface area contributed by atoms with Gasteiger partial charge in [-0.3, -0.25) is 19.4 Å². The van der Waals surface area contributed by atoms with E-state index in [1.807, 2.05) is 0 Å². The first-order chi connectivity index (χ1) is 30.9. The lowest BCUT2D eigenvalue weighted by molar-refractivity contribution is -0.150. The Bertz CT molecular complexity index is 1150. The van der Waals surface area contributed by atoms with Gasteiger partial charge in [0.25, 0.3) is 0 Å². The SMILES string of the molecule is CCCCCCCCCOC(=O)CCCCCCCN(CCCCCCCC(=O)OC(CCCCCCCC)CCCCCCCC)CCN1CCN(Cc2ccc(C)cc2)CC1. The summed E-state index contributed by atoms with van der Waals surface area (Å²) >= 11 is 0. The molecule has 0 atom stereocenters. The van der Waals surface area contributed by atoms with E-state index in [9.17, 15) is 9.59 Å². The summed E-state index contributed by atoms with van der Waals surface area (Å²) in [5, 5.41) is 0. The van der Waals surface area contributed by atoms with Crippen LogP contribution in [-0.2, 0) is 25.6 Å². The first-order valence-corrected chi connectivity index (χ1v) is 27.5. The number of carbonyl (C=O) groups excluding carboxylic acids is 2. The van der Waals surface area contributed by atoms with Gasteiger partial charge in [-0.25, -0.2) is 0 Å². The number of carbonyl (C=O) groups is 2. The number of nitrogens with zero attached hydrogens (tertiary/aromatic N) is 3. The standard InChI is InChI=1S/C56H103N3O4/c1-5-8-11-14-17-26-33-50-62-55(60)36-29-22-18-24-31-42-57(44-45-58-46-48-59(49-47-58)51-53-40-38-52(4)39-41-53)43-32-25-19-23-30-37-56(61)63-54(34-27-20-15-12-9-6-2)35-28-21-16-13-10-7-3/h38-41,54H,5-37,42-51H2,1-4H3. The fraction of sp³-hybridized carbons (Fsp3) is 0.857. The van der Waals surface area contributed by atoms with Crippen molar-refractivity contribution in [3.05, 3.63) is 35.4 Å². The molecule has 63 heavy (non-hydrogen) atoms.